The van der Waals surface area contributed by atoms with Crippen LogP contribution < -0.4 is 0 Å². The smallest absolute Gasteiger partial charge is 0.0925 e. The van der Waals surface area contributed by atoms with Crippen molar-refractivity contribution in [2.45, 2.75) is 45.6 Å². The Hall–Kier alpha value is -0.560. The van der Waals surface area contributed by atoms with Gasteiger partial charge in [0.2, 0.25) is 0 Å². The molecule has 2 bridgehead atoms. The Kier molecular flexibility index (Phi) is 2.58. The first kappa shape index (κ1) is 11.9. The molecule has 0 N–H and O–H groups in total. The summed E-state index contributed by atoms with van der Waals surface area (Å²) in [7, 11) is 0. The van der Waals surface area contributed by atoms with Gasteiger partial charge in [-0.2, -0.15) is 0 Å². The lowest BCUT2D eigenvalue weighted by molar-refractivity contribution is -0.0951. The van der Waals surface area contributed by atoms with Crippen molar-refractivity contribution >= 4 is 0 Å². The largest absolute Gasteiger partial charge is 0.366 e. The minimum absolute atomic E-state index is 0.131. The molecule has 0 aromatic carbocycles. The second-order valence-corrected chi connectivity index (χ2v) is 6.19. The van der Waals surface area contributed by atoms with Crippen LogP contribution in [0.3, 0.4) is 0 Å². The van der Waals surface area contributed by atoms with Gasteiger partial charge in [0.05, 0.1) is 12.2 Å². The molecule has 1 nitrogen and oxygen atoms in total. The maximum absolute atomic E-state index is 6.13. The van der Waals surface area contributed by atoms with E-state index in [9.17, 15) is 0 Å². The molecule has 0 aliphatic heterocycles. The quantitative estimate of drug-likeness (QED) is 0.652. The highest BCUT2D eigenvalue weighted by molar-refractivity contribution is 5.24. The summed E-state index contributed by atoms with van der Waals surface area (Å²) in [4.78, 5) is 0. The molecule has 0 saturated heterocycles. The summed E-state index contributed by atoms with van der Waals surface area (Å²) in [6.45, 7) is 15.6. The second-order valence-electron chi connectivity index (χ2n) is 6.19. The summed E-state index contributed by atoms with van der Waals surface area (Å²) in [5.41, 5.74) is 0.464. The van der Waals surface area contributed by atoms with E-state index >= 15 is 0 Å². The molecule has 90 valence electrons. The molecule has 1 heteroatoms. The van der Waals surface area contributed by atoms with Crippen molar-refractivity contribution in [3.05, 3.63) is 25.3 Å². The van der Waals surface area contributed by atoms with E-state index < -0.39 is 0 Å². The van der Waals surface area contributed by atoms with E-state index in [2.05, 4.69) is 40.0 Å². The number of hydrogen-bond acceptors (Lipinski definition) is 1. The van der Waals surface area contributed by atoms with Crippen molar-refractivity contribution in [1.82, 2.24) is 0 Å². The molecule has 3 atom stereocenters. The van der Waals surface area contributed by atoms with Gasteiger partial charge in [-0.05, 0) is 30.6 Å². The summed E-state index contributed by atoms with van der Waals surface area (Å²) in [6.07, 6.45) is 7.63. The van der Waals surface area contributed by atoms with Gasteiger partial charge in [-0.25, -0.2) is 0 Å². The Morgan fingerprint density at radius 1 is 1.31 bits per heavy atom. The molecule has 16 heavy (non-hydrogen) atoms. The molecule has 2 aliphatic rings. The van der Waals surface area contributed by atoms with Crippen LogP contribution in [-0.4, -0.2) is 12.2 Å². The van der Waals surface area contributed by atoms with Gasteiger partial charge < -0.3 is 4.74 Å². The van der Waals surface area contributed by atoms with Gasteiger partial charge in [0.15, 0.2) is 0 Å². The van der Waals surface area contributed by atoms with E-state index in [-0.39, 0.29) is 11.0 Å². The predicted octanol–water partition coefficient (Wildman–Crippen LogP) is 3.96. The third kappa shape index (κ3) is 1.15. The van der Waals surface area contributed by atoms with Crippen molar-refractivity contribution in [3.8, 4) is 0 Å². The van der Waals surface area contributed by atoms with Crippen molar-refractivity contribution in [1.29, 1.82) is 0 Å². The molecule has 0 spiro atoms. The lowest BCUT2D eigenvalue weighted by Crippen LogP contribution is -2.47. The summed E-state index contributed by atoms with van der Waals surface area (Å²) < 4.78 is 6.13. The lowest BCUT2D eigenvalue weighted by atomic mass is 9.64. The maximum atomic E-state index is 6.13. The zero-order valence-electron chi connectivity index (χ0n) is 10.9. The zero-order valence-corrected chi connectivity index (χ0v) is 10.9. The SMILES string of the molecule is C=CCO[C@]1(C=C)C[C@H]2CC[C@]1(C)C2(C)C. The molecule has 0 radical (unpaired) electrons. The summed E-state index contributed by atoms with van der Waals surface area (Å²) >= 11 is 0. The fraction of sp³-hybridized carbons (Fsp3) is 0.733. The Labute approximate surface area is 99.6 Å². The highest BCUT2D eigenvalue weighted by Crippen LogP contribution is 2.70. The normalized spacial score (nSPS) is 44.6. The van der Waals surface area contributed by atoms with Crippen molar-refractivity contribution in [2.24, 2.45) is 16.7 Å². The molecular weight excluding hydrogens is 196 g/mol. The van der Waals surface area contributed by atoms with E-state index in [1.807, 2.05) is 6.08 Å². The minimum Gasteiger partial charge on any atom is -0.366 e. The number of fused-ring (bicyclic) bond motifs is 2. The van der Waals surface area contributed by atoms with Crippen LogP contribution in [0.15, 0.2) is 25.3 Å². The summed E-state index contributed by atoms with van der Waals surface area (Å²) in [5.74, 6) is 0.778. The Morgan fingerprint density at radius 3 is 2.38 bits per heavy atom. The molecule has 0 amide bonds. The fourth-order valence-electron chi connectivity index (χ4n) is 4.10. The third-order valence-corrected chi connectivity index (χ3v) is 5.71. The highest BCUT2D eigenvalue weighted by atomic mass is 16.5. The fourth-order valence-corrected chi connectivity index (χ4v) is 4.10. The predicted molar refractivity (Wildman–Crippen MR) is 68.3 cm³/mol. The first-order chi connectivity index (χ1) is 7.43. The molecule has 0 aromatic rings. The topological polar surface area (TPSA) is 9.23 Å². The number of hydrogen-bond donors (Lipinski definition) is 0. The van der Waals surface area contributed by atoms with E-state index in [1.54, 1.807) is 0 Å². The van der Waals surface area contributed by atoms with Gasteiger partial charge in [-0.15, -0.1) is 13.2 Å². The molecule has 2 aliphatic carbocycles. The van der Waals surface area contributed by atoms with Crippen LogP contribution in [-0.2, 0) is 4.74 Å². The van der Waals surface area contributed by atoms with Crippen LogP contribution in [0, 0.1) is 16.7 Å². The second kappa shape index (κ2) is 3.46. The van der Waals surface area contributed by atoms with Gasteiger partial charge in [0.25, 0.3) is 0 Å². The van der Waals surface area contributed by atoms with Crippen LogP contribution in [0.5, 0.6) is 0 Å². The van der Waals surface area contributed by atoms with Gasteiger partial charge in [0.1, 0.15) is 0 Å². The first-order valence-corrected chi connectivity index (χ1v) is 6.32. The number of ether oxygens (including phenoxy) is 1. The van der Waals surface area contributed by atoms with E-state index in [0.29, 0.717) is 12.0 Å². The van der Waals surface area contributed by atoms with E-state index in [4.69, 9.17) is 4.74 Å². The van der Waals surface area contributed by atoms with Crippen LogP contribution in [0.4, 0.5) is 0 Å². The lowest BCUT2D eigenvalue weighted by Gasteiger charge is -2.46. The van der Waals surface area contributed by atoms with Crippen molar-refractivity contribution in [2.75, 3.05) is 6.61 Å². The Morgan fingerprint density at radius 2 is 2.00 bits per heavy atom. The zero-order chi connectivity index (χ0) is 12.0. The standard InChI is InChI=1S/C15H24O/c1-6-10-16-15(7-2)11-12-8-9-14(15,5)13(12,3)4/h6-7,12H,1-2,8-11H2,3-5H3/t12-,14-,15-/m1/s1. The molecule has 2 fully saturated rings. The summed E-state index contributed by atoms with van der Waals surface area (Å²) in [5, 5.41) is 0. The average molecular weight is 220 g/mol. The average Bonchev–Trinajstić information content (AvgIpc) is 2.57. The monoisotopic (exact) mass is 220 g/mol. The first-order valence-electron chi connectivity index (χ1n) is 6.32. The van der Waals surface area contributed by atoms with Crippen LogP contribution in [0.25, 0.3) is 0 Å². The molecule has 0 heterocycles. The Balaban J connectivity index is 2.36. The van der Waals surface area contributed by atoms with Crippen LogP contribution >= 0.6 is 0 Å². The van der Waals surface area contributed by atoms with Crippen molar-refractivity contribution < 1.29 is 4.74 Å². The maximum Gasteiger partial charge on any atom is 0.0925 e. The molecule has 2 saturated carbocycles. The van der Waals surface area contributed by atoms with Crippen LogP contribution in [0.1, 0.15) is 40.0 Å². The minimum atomic E-state index is -0.131. The van der Waals surface area contributed by atoms with E-state index in [0.717, 1.165) is 12.3 Å². The van der Waals surface area contributed by atoms with Crippen molar-refractivity contribution in [3.63, 3.8) is 0 Å². The van der Waals surface area contributed by atoms with Gasteiger partial charge in [-0.3, -0.25) is 0 Å². The molecule has 0 aromatic heterocycles. The summed E-state index contributed by atoms with van der Waals surface area (Å²) in [6, 6.07) is 0. The molecule has 0 unspecified atom stereocenters. The third-order valence-electron chi connectivity index (χ3n) is 5.71. The van der Waals surface area contributed by atoms with Gasteiger partial charge >= 0.3 is 0 Å². The molecular formula is C15H24O. The van der Waals surface area contributed by atoms with Gasteiger partial charge in [-0.1, -0.05) is 32.9 Å². The highest BCUT2D eigenvalue weighted by Gasteiger charge is 2.68. The van der Waals surface area contributed by atoms with E-state index in [1.165, 1.54) is 12.8 Å². The molecule has 2 rings (SSSR count). The Bertz CT molecular complexity index is 317. The van der Waals surface area contributed by atoms with Crippen LogP contribution in [0.2, 0.25) is 0 Å². The number of rotatable bonds is 4. The van der Waals surface area contributed by atoms with Gasteiger partial charge in [0, 0.05) is 5.41 Å².